The summed E-state index contributed by atoms with van der Waals surface area (Å²) in [6, 6.07) is 12.7. The summed E-state index contributed by atoms with van der Waals surface area (Å²) in [5.74, 6) is 0.454. The first-order chi connectivity index (χ1) is 11.5. The van der Waals surface area contributed by atoms with Gasteiger partial charge in [0.05, 0.1) is 7.11 Å². The second kappa shape index (κ2) is 6.66. The Balaban J connectivity index is 1.91. The van der Waals surface area contributed by atoms with Crippen LogP contribution in [0.4, 0.5) is 5.82 Å². The number of benzene rings is 1. The van der Waals surface area contributed by atoms with Crippen LogP contribution in [0.3, 0.4) is 0 Å². The Morgan fingerprint density at radius 3 is 2.67 bits per heavy atom. The fourth-order valence-electron chi connectivity index (χ4n) is 2.15. The van der Waals surface area contributed by atoms with E-state index in [0.29, 0.717) is 15.9 Å². The number of rotatable bonds is 5. The van der Waals surface area contributed by atoms with E-state index in [1.807, 2.05) is 30.3 Å². The number of aromatic amines is 1. The minimum absolute atomic E-state index is 0.119. The number of methoxy groups -OCH3 is 1. The molecule has 0 bridgehead atoms. The molecule has 0 aliphatic rings. The van der Waals surface area contributed by atoms with Crippen LogP contribution in [-0.2, 0) is 10.0 Å². The van der Waals surface area contributed by atoms with Crippen molar-refractivity contribution < 1.29 is 13.2 Å². The predicted molar refractivity (Wildman–Crippen MR) is 95.5 cm³/mol. The molecule has 2 N–H and O–H groups in total. The van der Waals surface area contributed by atoms with Gasteiger partial charge < -0.3 is 9.72 Å². The summed E-state index contributed by atoms with van der Waals surface area (Å²) in [5.41, 5.74) is 1.62. The highest BCUT2D eigenvalue weighted by atomic mass is 79.9. The number of ether oxygens (including phenoxy) is 1. The van der Waals surface area contributed by atoms with E-state index in [2.05, 4.69) is 30.6 Å². The molecule has 0 amide bonds. The van der Waals surface area contributed by atoms with E-state index < -0.39 is 10.0 Å². The number of sulfonamides is 1. The molecule has 3 aromatic rings. The summed E-state index contributed by atoms with van der Waals surface area (Å²) in [6.07, 6.45) is 2.93. The molecule has 124 valence electrons. The molecule has 0 atom stereocenters. The third-order valence-corrected chi connectivity index (χ3v) is 5.07. The molecular formula is C16H14BrN3O3S. The Hall–Kier alpha value is -2.32. The fraction of sp³-hybridized carbons (Fsp3) is 0.0625. The van der Waals surface area contributed by atoms with Crippen LogP contribution in [-0.4, -0.2) is 25.5 Å². The first-order valence-corrected chi connectivity index (χ1v) is 9.23. The van der Waals surface area contributed by atoms with E-state index in [1.165, 1.54) is 19.5 Å². The molecule has 8 heteroatoms. The molecule has 0 saturated carbocycles. The van der Waals surface area contributed by atoms with Crippen molar-refractivity contribution in [2.45, 2.75) is 4.90 Å². The van der Waals surface area contributed by atoms with E-state index in [-0.39, 0.29) is 10.7 Å². The van der Waals surface area contributed by atoms with Crippen molar-refractivity contribution in [3.63, 3.8) is 0 Å². The average Bonchev–Trinajstić information content (AvgIpc) is 3.08. The van der Waals surface area contributed by atoms with Crippen molar-refractivity contribution in [1.82, 2.24) is 9.97 Å². The van der Waals surface area contributed by atoms with Crippen LogP contribution in [0.2, 0.25) is 0 Å². The van der Waals surface area contributed by atoms with Crippen LogP contribution in [0, 0.1) is 0 Å². The molecule has 0 aliphatic carbocycles. The molecule has 6 nitrogen and oxygen atoms in total. The molecule has 0 unspecified atom stereocenters. The van der Waals surface area contributed by atoms with Crippen molar-refractivity contribution in [2.75, 3.05) is 11.8 Å². The number of hydrogen-bond donors (Lipinski definition) is 2. The van der Waals surface area contributed by atoms with Crippen LogP contribution in [0.25, 0.3) is 11.3 Å². The van der Waals surface area contributed by atoms with Gasteiger partial charge >= 0.3 is 0 Å². The van der Waals surface area contributed by atoms with E-state index in [1.54, 1.807) is 12.1 Å². The lowest BCUT2D eigenvalue weighted by Gasteiger charge is -2.10. The van der Waals surface area contributed by atoms with Gasteiger partial charge in [-0.3, -0.25) is 4.72 Å². The number of hydrogen-bond acceptors (Lipinski definition) is 4. The summed E-state index contributed by atoms with van der Waals surface area (Å²) >= 11 is 3.27. The van der Waals surface area contributed by atoms with E-state index in [9.17, 15) is 8.42 Å². The predicted octanol–water partition coefficient (Wildman–Crippen LogP) is 3.65. The Kier molecular flexibility index (Phi) is 4.59. The third kappa shape index (κ3) is 3.44. The lowest BCUT2D eigenvalue weighted by Crippen LogP contribution is -2.14. The van der Waals surface area contributed by atoms with Crippen molar-refractivity contribution in [3.8, 4) is 17.0 Å². The van der Waals surface area contributed by atoms with Gasteiger partial charge in [-0.2, -0.15) is 0 Å². The topological polar surface area (TPSA) is 84.1 Å². The maximum absolute atomic E-state index is 12.6. The van der Waals surface area contributed by atoms with E-state index in [4.69, 9.17) is 4.74 Å². The number of nitrogens with zero attached hydrogens (tertiary/aromatic N) is 1. The van der Waals surface area contributed by atoms with Gasteiger partial charge in [-0.25, -0.2) is 13.4 Å². The van der Waals surface area contributed by atoms with E-state index in [0.717, 1.165) is 5.56 Å². The smallest absolute Gasteiger partial charge is 0.264 e. The van der Waals surface area contributed by atoms with E-state index >= 15 is 0 Å². The highest BCUT2D eigenvalue weighted by Gasteiger charge is 2.19. The summed E-state index contributed by atoms with van der Waals surface area (Å²) in [5, 5.41) is 0. The quantitative estimate of drug-likeness (QED) is 0.675. The summed E-state index contributed by atoms with van der Waals surface area (Å²) in [7, 11) is -2.34. The average molecular weight is 408 g/mol. The number of aromatic nitrogens is 2. The monoisotopic (exact) mass is 407 g/mol. The molecule has 3 rings (SSSR count). The summed E-state index contributed by atoms with van der Waals surface area (Å²) < 4.78 is 33.4. The fourth-order valence-corrected chi connectivity index (χ4v) is 3.48. The normalized spacial score (nSPS) is 11.2. The first-order valence-electron chi connectivity index (χ1n) is 6.96. The molecular weight excluding hydrogens is 394 g/mol. The van der Waals surface area contributed by atoms with Gasteiger partial charge in [0.1, 0.15) is 4.90 Å². The van der Waals surface area contributed by atoms with Crippen molar-refractivity contribution in [2.24, 2.45) is 0 Å². The van der Waals surface area contributed by atoms with Gasteiger partial charge in [-0.1, -0.05) is 30.3 Å². The zero-order valence-electron chi connectivity index (χ0n) is 12.7. The second-order valence-electron chi connectivity index (χ2n) is 4.92. The number of anilines is 1. The Morgan fingerprint density at radius 1 is 1.21 bits per heavy atom. The van der Waals surface area contributed by atoms with Crippen LogP contribution >= 0.6 is 15.9 Å². The molecule has 2 heterocycles. The highest BCUT2D eigenvalue weighted by molar-refractivity contribution is 9.10. The molecule has 0 aliphatic heterocycles. The third-order valence-electron chi connectivity index (χ3n) is 3.32. The van der Waals surface area contributed by atoms with Crippen LogP contribution in [0.15, 0.2) is 64.2 Å². The lowest BCUT2D eigenvalue weighted by molar-refractivity contribution is 0.415. The Labute approximate surface area is 148 Å². The lowest BCUT2D eigenvalue weighted by atomic mass is 10.2. The number of H-pyrrole nitrogens is 1. The van der Waals surface area contributed by atoms with Gasteiger partial charge in [0, 0.05) is 22.6 Å². The summed E-state index contributed by atoms with van der Waals surface area (Å²) in [4.78, 5) is 7.14. The molecule has 1 aromatic carbocycles. The van der Waals surface area contributed by atoms with Crippen LogP contribution in [0.1, 0.15) is 0 Å². The maximum Gasteiger partial charge on any atom is 0.264 e. The standard InChI is InChI=1S/C16H14BrN3O3S/c1-23-15-7-12(17)9-19-16(15)20-24(21,22)13-8-14(18-10-13)11-5-3-2-4-6-11/h2-10,18H,1H3,(H,19,20). The first kappa shape index (κ1) is 16.5. The maximum atomic E-state index is 12.6. The largest absolute Gasteiger partial charge is 0.493 e. The minimum atomic E-state index is -3.78. The summed E-state index contributed by atoms with van der Waals surface area (Å²) in [6.45, 7) is 0. The van der Waals surface area contributed by atoms with Crippen molar-refractivity contribution in [3.05, 3.63) is 59.3 Å². The number of pyridine rings is 1. The second-order valence-corrected chi connectivity index (χ2v) is 7.52. The number of halogens is 1. The minimum Gasteiger partial charge on any atom is -0.493 e. The highest BCUT2D eigenvalue weighted by Crippen LogP contribution is 2.28. The molecule has 0 fully saturated rings. The molecule has 24 heavy (non-hydrogen) atoms. The van der Waals surface area contributed by atoms with Gasteiger partial charge in [0.15, 0.2) is 11.6 Å². The molecule has 2 aromatic heterocycles. The number of nitrogens with one attached hydrogen (secondary N) is 2. The zero-order chi connectivity index (χ0) is 17.2. The van der Waals surface area contributed by atoms with Crippen LogP contribution in [0.5, 0.6) is 5.75 Å². The molecule has 0 spiro atoms. The van der Waals surface area contributed by atoms with Crippen LogP contribution < -0.4 is 9.46 Å². The SMILES string of the molecule is COc1cc(Br)cnc1NS(=O)(=O)c1c[nH]c(-c2ccccc2)c1. The zero-order valence-corrected chi connectivity index (χ0v) is 15.1. The Bertz CT molecular complexity index is 956. The van der Waals surface area contributed by atoms with Crippen molar-refractivity contribution >= 4 is 31.8 Å². The van der Waals surface area contributed by atoms with Gasteiger partial charge in [0.2, 0.25) is 0 Å². The van der Waals surface area contributed by atoms with Gasteiger partial charge in [-0.05, 0) is 33.6 Å². The van der Waals surface area contributed by atoms with Gasteiger partial charge in [0.25, 0.3) is 10.0 Å². The van der Waals surface area contributed by atoms with Crippen molar-refractivity contribution in [1.29, 1.82) is 0 Å². The Morgan fingerprint density at radius 2 is 1.96 bits per heavy atom. The van der Waals surface area contributed by atoms with Gasteiger partial charge in [-0.15, -0.1) is 0 Å². The molecule has 0 radical (unpaired) electrons. The molecule has 0 saturated heterocycles.